The summed E-state index contributed by atoms with van der Waals surface area (Å²) in [5.74, 6) is -4.05. The number of aliphatic hydroxyl groups excluding tert-OH is 1. The first-order chi connectivity index (χ1) is 17.3. The van der Waals surface area contributed by atoms with Gasteiger partial charge in [0.25, 0.3) is 0 Å². The third kappa shape index (κ3) is 3.72. The van der Waals surface area contributed by atoms with Crippen LogP contribution in [0.5, 0.6) is 0 Å². The lowest BCUT2D eigenvalue weighted by Crippen LogP contribution is -2.66. The van der Waals surface area contributed by atoms with Gasteiger partial charge in [-0.15, -0.1) is 0 Å². The minimum atomic E-state index is -1.96. The molecule has 0 amide bonds. The summed E-state index contributed by atoms with van der Waals surface area (Å²) in [6.45, 7) is 10.5. The Morgan fingerprint density at radius 3 is 2.41 bits per heavy atom. The number of hydrogen-bond acceptors (Lipinski definition) is 9. The first kappa shape index (κ1) is 27.8. The first-order valence-electron chi connectivity index (χ1n) is 13.3. The van der Waals surface area contributed by atoms with Gasteiger partial charge in [-0.05, 0) is 30.9 Å². The van der Waals surface area contributed by atoms with Gasteiger partial charge in [0.15, 0.2) is 17.5 Å². The van der Waals surface area contributed by atoms with Gasteiger partial charge in [0.1, 0.15) is 5.60 Å². The Hall–Kier alpha value is -2.23. The zero-order valence-corrected chi connectivity index (χ0v) is 22.6. The van der Waals surface area contributed by atoms with Crippen molar-refractivity contribution in [2.45, 2.75) is 90.1 Å². The molecule has 0 bridgehead atoms. The Balaban J connectivity index is 1.90. The quantitative estimate of drug-likeness (QED) is 0.341. The molecule has 3 N–H and O–H groups in total. The first-order valence-corrected chi connectivity index (χ1v) is 13.3. The number of Topliss-reactive ketones (excluding diaryl/α,β-unsaturated/α-hetero) is 1. The van der Waals surface area contributed by atoms with Crippen LogP contribution >= 0.6 is 0 Å². The van der Waals surface area contributed by atoms with E-state index in [0.29, 0.717) is 24.0 Å². The molecule has 9 nitrogen and oxygen atoms in total. The second-order valence-corrected chi connectivity index (χ2v) is 11.8. The van der Waals surface area contributed by atoms with E-state index in [1.165, 1.54) is 0 Å². The van der Waals surface area contributed by atoms with Crippen molar-refractivity contribution < 1.29 is 43.9 Å². The molecule has 4 aliphatic rings. The van der Waals surface area contributed by atoms with Crippen LogP contribution in [-0.2, 0) is 23.8 Å². The highest BCUT2D eigenvalue weighted by atomic mass is 16.7. The fraction of sp³-hybridized carbons (Fsp3) is 0.750. The smallest absolute Gasteiger partial charge is 0.454 e. The molecule has 0 aliphatic heterocycles. The van der Waals surface area contributed by atoms with Crippen LogP contribution in [0.1, 0.15) is 67.2 Å². The number of ketones is 1. The molecule has 8 atom stereocenters. The zero-order chi connectivity index (χ0) is 27.6. The fourth-order valence-electron chi connectivity index (χ4n) is 7.59. The summed E-state index contributed by atoms with van der Waals surface area (Å²) in [6, 6.07) is 0. The zero-order valence-electron chi connectivity index (χ0n) is 22.6. The highest BCUT2D eigenvalue weighted by Crippen LogP contribution is 2.77. The minimum Gasteiger partial charge on any atom is -0.454 e. The standard InChI is InChI=1S/C28H40O9/c1-7-9-20(30)37-28-21(25(28,5)6)18-12-17(14-29)13-26(33)19(11-15(3)22(26)31)27(18,34)16(4)23(28)36-24(32)35-10-8-2/h11-12,16,18-19,21,23,29,33-34H,7-10,13-14H2,1-6H3/t16-,18+,19?,21?,23-,26-,27-,28-/m1/s1. The van der Waals surface area contributed by atoms with E-state index >= 15 is 0 Å². The molecule has 2 fully saturated rings. The van der Waals surface area contributed by atoms with Crippen LogP contribution in [0.15, 0.2) is 23.3 Å². The van der Waals surface area contributed by atoms with Gasteiger partial charge in [-0.2, -0.15) is 0 Å². The molecule has 4 rings (SSSR count). The molecule has 37 heavy (non-hydrogen) atoms. The van der Waals surface area contributed by atoms with Gasteiger partial charge < -0.3 is 29.5 Å². The van der Waals surface area contributed by atoms with Crippen molar-refractivity contribution in [3.05, 3.63) is 23.3 Å². The van der Waals surface area contributed by atoms with Crippen LogP contribution in [0.4, 0.5) is 4.79 Å². The summed E-state index contributed by atoms with van der Waals surface area (Å²) >= 11 is 0. The average Bonchev–Trinajstić information content (AvgIpc) is 3.26. The Morgan fingerprint density at radius 1 is 1.14 bits per heavy atom. The van der Waals surface area contributed by atoms with E-state index in [4.69, 9.17) is 14.2 Å². The van der Waals surface area contributed by atoms with E-state index in [9.17, 15) is 29.7 Å². The van der Waals surface area contributed by atoms with Crippen molar-refractivity contribution in [3.8, 4) is 0 Å². The Morgan fingerprint density at radius 2 is 1.81 bits per heavy atom. The number of ether oxygens (including phenoxy) is 3. The third-order valence-corrected chi connectivity index (χ3v) is 9.34. The topological polar surface area (TPSA) is 140 Å². The molecular weight excluding hydrogens is 480 g/mol. The summed E-state index contributed by atoms with van der Waals surface area (Å²) in [7, 11) is 0. The molecule has 9 heteroatoms. The second-order valence-electron chi connectivity index (χ2n) is 11.8. The molecule has 0 aromatic rings. The molecule has 0 heterocycles. The summed E-state index contributed by atoms with van der Waals surface area (Å²) in [6.07, 6.45) is 2.50. The number of esters is 1. The normalized spacial score (nSPS) is 41.3. The van der Waals surface area contributed by atoms with Crippen LogP contribution in [0.2, 0.25) is 0 Å². The maximum atomic E-state index is 13.2. The number of hydrogen-bond donors (Lipinski definition) is 3. The van der Waals surface area contributed by atoms with E-state index in [0.717, 1.165) is 0 Å². The summed E-state index contributed by atoms with van der Waals surface area (Å²) in [5.41, 5.74) is -4.96. The summed E-state index contributed by atoms with van der Waals surface area (Å²) < 4.78 is 17.2. The number of rotatable bonds is 7. The average molecular weight is 521 g/mol. The highest BCUT2D eigenvalue weighted by Gasteiger charge is 2.88. The minimum absolute atomic E-state index is 0.133. The predicted octanol–water partition coefficient (Wildman–Crippen LogP) is 2.85. The maximum absolute atomic E-state index is 13.2. The van der Waals surface area contributed by atoms with E-state index < -0.39 is 76.5 Å². The van der Waals surface area contributed by atoms with Crippen LogP contribution in [0, 0.1) is 29.1 Å². The molecule has 0 saturated heterocycles. The summed E-state index contributed by atoms with van der Waals surface area (Å²) in [4.78, 5) is 38.8. The van der Waals surface area contributed by atoms with Crippen LogP contribution in [-0.4, -0.2) is 69.3 Å². The number of carbonyl (C=O) groups is 3. The van der Waals surface area contributed by atoms with Gasteiger partial charge in [0.05, 0.1) is 18.8 Å². The third-order valence-electron chi connectivity index (χ3n) is 9.34. The van der Waals surface area contributed by atoms with Crippen molar-refractivity contribution >= 4 is 17.9 Å². The van der Waals surface area contributed by atoms with Crippen molar-refractivity contribution in [2.24, 2.45) is 29.1 Å². The molecular formula is C28H40O9. The van der Waals surface area contributed by atoms with Gasteiger partial charge in [0, 0.05) is 41.9 Å². The molecule has 0 aromatic heterocycles. The molecule has 2 unspecified atom stereocenters. The number of aliphatic hydroxyl groups is 3. The van der Waals surface area contributed by atoms with Gasteiger partial charge >= 0.3 is 12.1 Å². The predicted molar refractivity (Wildman–Crippen MR) is 132 cm³/mol. The maximum Gasteiger partial charge on any atom is 0.508 e. The van der Waals surface area contributed by atoms with Crippen LogP contribution in [0.3, 0.4) is 0 Å². The van der Waals surface area contributed by atoms with Crippen molar-refractivity contribution in [3.63, 3.8) is 0 Å². The molecule has 2 saturated carbocycles. The van der Waals surface area contributed by atoms with Crippen LogP contribution in [0.25, 0.3) is 0 Å². The molecule has 0 spiro atoms. The lowest BCUT2D eigenvalue weighted by Gasteiger charge is -2.52. The Kier molecular flexibility index (Phi) is 6.91. The molecule has 206 valence electrons. The SMILES string of the molecule is CCCOC(=O)O[C@@H]1[C@@H](C)[C@]2(O)C3C=C(C)C(=O)[C@@]3(O)CC(CO)=C[C@H]2C2C(C)(C)[C@@]21OC(=O)CCC. The van der Waals surface area contributed by atoms with E-state index in [1.54, 1.807) is 26.0 Å². The van der Waals surface area contributed by atoms with E-state index in [1.807, 2.05) is 27.7 Å². The van der Waals surface area contributed by atoms with Crippen LogP contribution < -0.4 is 0 Å². The number of fused-ring (bicyclic) bond motifs is 5. The summed E-state index contributed by atoms with van der Waals surface area (Å²) in [5, 5.41) is 34.5. The fourth-order valence-corrected chi connectivity index (χ4v) is 7.59. The van der Waals surface area contributed by atoms with Gasteiger partial charge in [-0.25, -0.2) is 4.79 Å². The van der Waals surface area contributed by atoms with E-state index in [-0.39, 0.29) is 19.4 Å². The number of carbonyl (C=O) groups excluding carboxylic acids is 3. The Bertz CT molecular complexity index is 1040. The Labute approximate surface area is 217 Å². The largest absolute Gasteiger partial charge is 0.508 e. The molecule has 0 aromatic carbocycles. The van der Waals surface area contributed by atoms with E-state index in [2.05, 4.69) is 0 Å². The van der Waals surface area contributed by atoms with Gasteiger partial charge in [-0.3, -0.25) is 9.59 Å². The van der Waals surface area contributed by atoms with Gasteiger partial charge in [-0.1, -0.05) is 46.8 Å². The lowest BCUT2D eigenvalue weighted by atomic mass is 9.59. The molecule has 4 aliphatic carbocycles. The highest BCUT2D eigenvalue weighted by molar-refractivity contribution is 6.04. The monoisotopic (exact) mass is 520 g/mol. The molecule has 0 radical (unpaired) electrons. The lowest BCUT2D eigenvalue weighted by molar-refractivity contribution is -0.222. The van der Waals surface area contributed by atoms with Crippen molar-refractivity contribution in [2.75, 3.05) is 13.2 Å². The second kappa shape index (κ2) is 9.20. The van der Waals surface area contributed by atoms with Gasteiger partial charge in [0.2, 0.25) is 0 Å². The van der Waals surface area contributed by atoms with Crippen molar-refractivity contribution in [1.82, 2.24) is 0 Å². The van der Waals surface area contributed by atoms with Crippen molar-refractivity contribution in [1.29, 1.82) is 0 Å².